The Hall–Kier alpha value is -1.31. The molecule has 0 fully saturated rings. The van der Waals surface area contributed by atoms with Gasteiger partial charge in [-0.15, -0.1) is 0 Å². The van der Waals surface area contributed by atoms with Gasteiger partial charge in [0.2, 0.25) is 0 Å². The quantitative estimate of drug-likeness (QED) is 0.459. The van der Waals surface area contributed by atoms with Crippen LogP contribution in [-0.4, -0.2) is 25.3 Å². The molecule has 0 bridgehead atoms. The van der Waals surface area contributed by atoms with Crippen LogP contribution >= 0.6 is 0 Å². The van der Waals surface area contributed by atoms with Gasteiger partial charge in [-0.05, 0) is 18.2 Å². The molecule has 0 saturated carbocycles. The van der Waals surface area contributed by atoms with E-state index in [9.17, 15) is 0 Å². The van der Waals surface area contributed by atoms with Crippen molar-refractivity contribution in [2.75, 3.05) is 14.1 Å². The van der Waals surface area contributed by atoms with E-state index in [4.69, 9.17) is 0 Å². The van der Waals surface area contributed by atoms with E-state index < -0.39 is 0 Å². The molecule has 0 amide bonds. The minimum atomic E-state index is 0.932. The third-order valence-corrected chi connectivity index (χ3v) is 1.13. The summed E-state index contributed by atoms with van der Waals surface area (Å²) in [5.74, 6) is 0. The molecular formula is C9H11N2. The molecule has 57 valence electrons. The van der Waals surface area contributed by atoms with E-state index in [2.05, 4.69) is 11.1 Å². The van der Waals surface area contributed by atoms with Crippen LogP contribution in [-0.2, 0) is 0 Å². The summed E-state index contributed by atoms with van der Waals surface area (Å²) in [4.78, 5) is 6.07. The van der Waals surface area contributed by atoms with Crippen LogP contribution < -0.4 is 0 Å². The topological polar surface area (TPSA) is 15.6 Å². The van der Waals surface area contributed by atoms with Crippen LogP contribution in [0, 0.1) is 6.07 Å². The highest BCUT2D eigenvalue weighted by molar-refractivity contribution is 5.60. The van der Waals surface area contributed by atoms with Crippen molar-refractivity contribution < 1.29 is 0 Å². The zero-order valence-electron chi connectivity index (χ0n) is 6.78. The second-order valence-corrected chi connectivity index (χ2v) is 2.47. The van der Waals surface area contributed by atoms with Gasteiger partial charge in [0, 0.05) is 14.1 Å². The standard InChI is InChI=1S/C9H11N2/c1-11(2)8-10-9-6-4-3-5-7-9/h3-4,6-8H,1-2H3. The Morgan fingerprint density at radius 2 is 2.36 bits per heavy atom. The molecule has 0 aliphatic rings. The SMILES string of the molecule is CN(C)C=Nc1c[c]ccc1. The molecule has 1 radical (unpaired) electrons. The summed E-state index contributed by atoms with van der Waals surface area (Å²) >= 11 is 0. The predicted molar refractivity (Wildman–Crippen MR) is 47.1 cm³/mol. The molecule has 0 N–H and O–H groups in total. The molecule has 11 heavy (non-hydrogen) atoms. The van der Waals surface area contributed by atoms with Gasteiger partial charge in [-0.1, -0.05) is 12.1 Å². The molecule has 2 nitrogen and oxygen atoms in total. The second-order valence-electron chi connectivity index (χ2n) is 2.47. The Kier molecular flexibility index (Phi) is 2.66. The van der Waals surface area contributed by atoms with E-state index in [1.54, 1.807) is 6.34 Å². The van der Waals surface area contributed by atoms with Crippen LogP contribution in [0.5, 0.6) is 0 Å². The minimum absolute atomic E-state index is 0.932. The molecule has 0 atom stereocenters. The Bertz CT molecular complexity index is 227. The third-order valence-electron chi connectivity index (χ3n) is 1.13. The highest BCUT2D eigenvalue weighted by Gasteiger charge is 1.82. The lowest BCUT2D eigenvalue weighted by Crippen LogP contribution is -2.06. The summed E-state index contributed by atoms with van der Waals surface area (Å²) in [6.45, 7) is 0. The van der Waals surface area contributed by atoms with Crippen molar-refractivity contribution in [1.82, 2.24) is 4.90 Å². The molecule has 0 unspecified atom stereocenters. The van der Waals surface area contributed by atoms with Gasteiger partial charge in [0.15, 0.2) is 0 Å². The lowest BCUT2D eigenvalue weighted by atomic mass is 10.3. The molecule has 0 aliphatic carbocycles. The van der Waals surface area contributed by atoms with Gasteiger partial charge in [0.25, 0.3) is 0 Å². The first-order chi connectivity index (χ1) is 5.29. The fraction of sp³-hybridized carbons (Fsp3) is 0.222. The molecule has 0 spiro atoms. The van der Waals surface area contributed by atoms with E-state index in [0.29, 0.717) is 0 Å². The highest BCUT2D eigenvalue weighted by atomic mass is 15.1. The molecule has 0 aliphatic heterocycles. The Balaban J connectivity index is 2.65. The molecule has 1 aromatic rings. The summed E-state index contributed by atoms with van der Waals surface area (Å²) in [5.41, 5.74) is 0.932. The third kappa shape index (κ3) is 2.85. The first-order valence-corrected chi connectivity index (χ1v) is 3.46. The molecular weight excluding hydrogens is 136 g/mol. The van der Waals surface area contributed by atoms with Crippen LogP contribution in [0.25, 0.3) is 0 Å². The normalized spacial score (nSPS) is 10.4. The maximum Gasteiger partial charge on any atom is 0.0907 e. The molecule has 1 aromatic carbocycles. The fourth-order valence-electron chi connectivity index (χ4n) is 0.646. The Labute approximate surface area is 67.2 Å². The first kappa shape index (κ1) is 7.79. The van der Waals surface area contributed by atoms with Gasteiger partial charge in [0.1, 0.15) is 0 Å². The fourth-order valence-corrected chi connectivity index (χ4v) is 0.646. The largest absolute Gasteiger partial charge is 0.369 e. The van der Waals surface area contributed by atoms with Gasteiger partial charge in [-0.25, -0.2) is 4.99 Å². The average molecular weight is 147 g/mol. The average Bonchev–Trinajstić information content (AvgIpc) is 2.03. The number of rotatable bonds is 2. The monoisotopic (exact) mass is 147 g/mol. The molecule has 2 heteroatoms. The second kappa shape index (κ2) is 3.76. The summed E-state index contributed by atoms with van der Waals surface area (Å²) in [7, 11) is 3.88. The maximum absolute atomic E-state index is 4.18. The first-order valence-electron chi connectivity index (χ1n) is 3.46. The number of nitrogens with zero attached hydrogens (tertiary/aromatic N) is 2. The number of aliphatic imine (C=N–C) groups is 1. The molecule has 0 saturated heterocycles. The van der Waals surface area contributed by atoms with E-state index in [1.165, 1.54) is 0 Å². The van der Waals surface area contributed by atoms with Crippen molar-refractivity contribution in [3.8, 4) is 0 Å². The van der Waals surface area contributed by atoms with Crippen LogP contribution in [0.4, 0.5) is 5.69 Å². The van der Waals surface area contributed by atoms with Crippen LogP contribution in [0.3, 0.4) is 0 Å². The van der Waals surface area contributed by atoms with Crippen molar-refractivity contribution >= 4 is 12.0 Å². The summed E-state index contributed by atoms with van der Waals surface area (Å²) in [6, 6.07) is 10.5. The van der Waals surface area contributed by atoms with Crippen molar-refractivity contribution in [3.05, 3.63) is 30.3 Å². The van der Waals surface area contributed by atoms with Gasteiger partial charge in [-0.2, -0.15) is 0 Å². The van der Waals surface area contributed by atoms with Gasteiger partial charge in [0.05, 0.1) is 12.0 Å². The van der Waals surface area contributed by atoms with Crippen LogP contribution in [0.1, 0.15) is 0 Å². The van der Waals surface area contributed by atoms with E-state index >= 15 is 0 Å². The lowest BCUT2D eigenvalue weighted by molar-refractivity contribution is 0.643. The summed E-state index contributed by atoms with van der Waals surface area (Å²) in [6.07, 6.45) is 1.77. The zero-order valence-corrected chi connectivity index (χ0v) is 6.78. The maximum atomic E-state index is 4.18. The van der Waals surface area contributed by atoms with Crippen molar-refractivity contribution in [3.63, 3.8) is 0 Å². The highest BCUT2D eigenvalue weighted by Crippen LogP contribution is 2.07. The zero-order chi connectivity index (χ0) is 8.10. The smallest absolute Gasteiger partial charge is 0.0907 e. The van der Waals surface area contributed by atoms with E-state index in [-0.39, 0.29) is 0 Å². The van der Waals surface area contributed by atoms with Crippen LogP contribution in [0.15, 0.2) is 29.3 Å². The predicted octanol–water partition coefficient (Wildman–Crippen LogP) is 1.71. The molecule has 0 heterocycles. The molecule has 1 rings (SSSR count). The Morgan fingerprint density at radius 1 is 1.55 bits per heavy atom. The summed E-state index contributed by atoms with van der Waals surface area (Å²) in [5, 5.41) is 0. The van der Waals surface area contributed by atoms with Gasteiger partial charge in [-0.3, -0.25) is 0 Å². The van der Waals surface area contributed by atoms with Gasteiger partial charge >= 0.3 is 0 Å². The lowest BCUT2D eigenvalue weighted by Gasteiger charge is -2.01. The molecule has 0 aromatic heterocycles. The minimum Gasteiger partial charge on any atom is -0.369 e. The van der Waals surface area contributed by atoms with E-state index in [0.717, 1.165) is 5.69 Å². The van der Waals surface area contributed by atoms with Crippen molar-refractivity contribution in [2.24, 2.45) is 4.99 Å². The van der Waals surface area contributed by atoms with Crippen molar-refractivity contribution in [1.29, 1.82) is 0 Å². The van der Waals surface area contributed by atoms with Gasteiger partial charge < -0.3 is 4.90 Å². The number of benzene rings is 1. The number of hydrogen-bond donors (Lipinski definition) is 0. The van der Waals surface area contributed by atoms with Crippen LogP contribution in [0.2, 0.25) is 0 Å². The Morgan fingerprint density at radius 3 is 2.91 bits per heavy atom. The summed E-state index contributed by atoms with van der Waals surface area (Å²) < 4.78 is 0. The van der Waals surface area contributed by atoms with E-state index in [1.807, 2.05) is 43.3 Å². The van der Waals surface area contributed by atoms with Crippen molar-refractivity contribution in [2.45, 2.75) is 0 Å². The number of hydrogen-bond acceptors (Lipinski definition) is 1.